The summed E-state index contributed by atoms with van der Waals surface area (Å²) in [5.74, 6) is -1.13. The molecule has 0 radical (unpaired) electrons. The number of alkyl halides is 3. The van der Waals surface area contributed by atoms with E-state index in [0.717, 1.165) is 11.8 Å². The third-order valence-corrected chi connectivity index (χ3v) is 8.25. The van der Waals surface area contributed by atoms with Crippen molar-refractivity contribution in [3.63, 3.8) is 0 Å². The third-order valence-electron chi connectivity index (χ3n) is 8.25. The lowest BCUT2D eigenvalue weighted by Gasteiger charge is -2.44. The summed E-state index contributed by atoms with van der Waals surface area (Å²) < 4.78 is 57.2. The van der Waals surface area contributed by atoms with Crippen molar-refractivity contribution in [3.8, 4) is 0 Å². The summed E-state index contributed by atoms with van der Waals surface area (Å²) in [5, 5.41) is 2.60. The van der Waals surface area contributed by atoms with Crippen molar-refractivity contribution in [1.82, 2.24) is 24.8 Å². The minimum Gasteiger partial charge on any atom is -0.367 e. The number of anilines is 3. The van der Waals surface area contributed by atoms with E-state index >= 15 is 4.39 Å². The summed E-state index contributed by atoms with van der Waals surface area (Å²) in [5.41, 5.74) is -0.822. The maximum absolute atomic E-state index is 15.9. The minimum absolute atomic E-state index is 0.0892. The van der Waals surface area contributed by atoms with Crippen LogP contribution < -0.4 is 20.7 Å². The Morgan fingerprint density at radius 3 is 2.38 bits per heavy atom. The van der Waals surface area contributed by atoms with Crippen molar-refractivity contribution in [1.29, 1.82) is 0 Å². The van der Waals surface area contributed by atoms with Crippen LogP contribution in [0, 0.1) is 5.82 Å². The van der Waals surface area contributed by atoms with E-state index in [4.69, 9.17) is 0 Å². The summed E-state index contributed by atoms with van der Waals surface area (Å²) in [6, 6.07) is 3.31. The van der Waals surface area contributed by atoms with Gasteiger partial charge in [0.1, 0.15) is 5.82 Å². The standard InChI is InChI=1S/C31H36F4N8O2/c1-18-14-43(15-19(2)41(18)5)27-10-25(32)22(21-6-7-42(17-21)30-37-11-20(12-38-30)16-40(3)4)8-26(27)39-29(45)23-13-36-28(44)9-24(23)31(33,34)35/h6,8-13,18-19H,7,14-17H2,1-5H3,(H,36,44)(H,39,45)/t18-,19+. The van der Waals surface area contributed by atoms with Crippen molar-refractivity contribution in [2.75, 3.05) is 62.4 Å². The Balaban J connectivity index is 1.48. The average Bonchev–Trinajstić information content (AvgIpc) is 3.46. The van der Waals surface area contributed by atoms with Gasteiger partial charge in [-0.05, 0) is 52.7 Å². The lowest BCUT2D eigenvalue weighted by molar-refractivity contribution is -0.138. The van der Waals surface area contributed by atoms with Gasteiger partial charge in [-0.1, -0.05) is 6.08 Å². The SMILES string of the molecule is C[C@@H]1CN(c2cc(F)c(C3=CCN(c4ncc(CN(C)C)cn4)C3)cc2NC(=O)c2c[nH]c(=O)cc2C(F)(F)F)C[C@H](C)N1C. The van der Waals surface area contributed by atoms with Crippen LogP contribution >= 0.6 is 0 Å². The van der Waals surface area contributed by atoms with Gasteiger partial charge in [-0.25, -0.2) is 14.4 Å². The predicted octanol–water partition coefficient (Wildman–Crippen LogP) is 4.07. The predicted molar refractivity (Wildman–Crippen MR) is 165 cm³/mol. The van der Waals surface area contributed by atoms with Gasteiger partial charge >= 0.3 is 6.18 Å². The van der Waals surface area contributed by atoms with Crippen molar-refractivity contribution in [2.45, 2.75) is 38.7 Å². The van der Waals surface area contributed by atoms with Crippen LogP contribution in [0.4, 0.5) is 34.9 Å². The summed E-state index contributed by atoms with van der Waals surface area (Å²) in [7, 11) is 5.88. The second-order valence-electron chi connectivity index (χ2n) is 11.9. The van der Waals surface area contributed by atoms with Gasteiger partial charge < -0.3 is 25.0 Å². The number of carbonyl (C=O) groups is 1. The van der Waals surface area contributed by atoms with Gasteiger partial charge in [0.25, 0.3) is 5.91 Å². The highest BCUT2D eigenvalue weighted by atomic mass is 19.4. The second kappa shape index (κ2) is 12.6. The van der Waals surface area contributed by atoms with E-state index in [1.54, 1.807) is 12.4 Å². The Hall–Kier alpha value is -4.30. The molecule has 1 aromatic carbocycles. The molecule has 2 atom stereocenters. The zero-order valence-corrected chi connectivity index (χ0v) is 25.7. The molecule has 10 nitrogen and oxygen atoms in total. The molecule has 5 rings (SSSR count). The van der Waals surface area contributed by atoms with E-state index in [2.05, 4.69) is 25.2 Å². The van der Waals surface area contributed by atoms with Crippen LogP contribution in [0.3, 0.4) is 0 Å². The molecule has 0 aliphatic carbocycles. The zero-order valence-electron chi connectivity index (χ0n) is 25.7. The van der Waals surface area contributed by atoms with Crippen LogP contribution in [0.1, 0.15) is 40.9 Å². The minimum atomic E-state index is -4.94. The van der Waals surface area contributed by atoms with Crippen LogP contribution in [0.25, 0.3) is 5.57 Å². The number of rotatable bonds is 7. The largest absolute Gasteiger partial charge is 0.417 e. The van der Waals surface area contributed by atoms with Crippen LogP contribution in [0.15, 0.2) is 47.7 Å². The van der Waals surface area contributed by atoms with E-state index in [-0.39, 0.29) is 29.9 Å². The number of H-pyrrole nitrogens is 1. The summed E-state index contributed by atoms with van der Waals surface area (Å²) in [4.78, 5) is 44.1. The highest BCUT2D eigenvalue weighted by Gasteiger charge is 2.36. The molecule has 0 unspecified atom stereocenters. The molecule has 2 aromatic heterocycles. The van der Waals surface area contributed by atoms with Crippen LogP contribution in [-0.4, -0.2) is 90.1 Å². The first-order valence-electron chi connectivity index (χ1n) is 14.5. The number of piperazine rings is 1. The molecule has 2 N–H and O–H groups in total. The summed E-state index contributed by atoms with van der Waals surface area (Å²) in [6.45, 7) is 6.45. The topological polar surface area (TPSA) is 101 Å². The molecule has 0 spiro atoms. The molecule has 2 aliphatic rings. The monoisotopic (exact) mass is 628 g/mol. The van der Waals surface area contributed by atoms with Gasteiger partial charge in [0, 0.05) is 80.6 Å². The molecule has 0 saturated carbocycles. The first-order valence-corrected chi connectivity index (χ1v) is 14.5. The number of aromatic amines is 1. The Morgan fingerprint density at radius 2 is 1.76 bits per heavy atom. The Kier molecular flexibility index (Phi) is 8.99. The number of nitrogens with one attached hydrogen (secondary N) is 2. The number of amides is 1. The van der Waals surface area contributed by atoms with E-state index in [0.29, 0.717) is 49.5 Å². The molecular weight excluding hydrogens is 592 g/mol. The first kappa shape index (κ1) is 32.1. The third kappa shape index (κ3) is 7.01. The zero-order chi connectivity index (χ0) is 32.6. The average molecular weight is 629 g/mol. The highest BCUT2D eigenvalue weighted by molar-refractivity contribution is 6.07. The van der Waals surface area contributed by atoms with Gasteiger partial charge in [-0.3, -0.25) is 14.5 Å². The van der Waals surface area contributed by atoms with E-state index < -0.39 is 34.6 Å². The van der Waals surface area contributed by atoms with Crippen molar-refractivity contribution in [3.05, 3.63) is 81.3 Å². The van der Waals surface area contributed by atoms with Crippen molar-refractivity contribution < 1.29 is 22.4 Å². The molecule has 1 fully saturated rings. The Morgan fingerprint density at radius 1 is 1.09 bits per heavy atom. The number of carbonyl (C=O) groups excluding carboxylic acids is 1. The first-order chi connectivity index (χ1) is 21.2. The van der Waals surface area contributed by atoms with Crippen LogP contribution in [0.5, 0.6) is 0 Å². The molecule has 240 valence electrons. The molecule has 14 heteroatoms. The lowest BCUT2D eigenvalue weighted by atomic mass is 10.0. The maximum Gasteiger partial charge on any atom is 0.417 e. The lowest BCUT2D eigenvalue weighted by Crippen LogP contribution is -2.55. The van der Waals surface area contributed by atoms with Crippen LogP contribution in [-0.2, 0) is 12.7 Å². The number of benzene rings is 1. The highest BCUT2D eigenvalue weighted by Crippen LogP contribution is 2.37. The smallest absolute Gasteiger partial charge is 0.367 e. The fraction of sp³-hybridized carbons (Fsp3) is 0.419. The van der Waals surface area contributed by atoms with Crippen molar-refractivity contribution in [2.24, 2.45) is 0 Å². The van der Waals surface area contributed by atoms with Gasteiger partial charge in [-0.2, -0.15) is 13.2 Å². The van der Waals surface area contributed by atoms with Gasteiger partial charge in [-0.15, -0.1) is 0 Å². The summed E-state index contributed by atoms with van der Waals surface area (Å²) in [6.07, 6.45) is 1.13. The van der Waals surface area contributed by atoms with Gasteiger partial charge in [0.2, 0.25) is 11.5 Å². The second-order valence-corrected chi connectivity index (χ2v) is 11.9. The number of pyridine rings is 1. The molecule has 45 heavy (non-hydrogen) atoms. The fourth-order valence-electron chi connectivity index (χ4n) is 5.72. The molecule has 3 aromatic rings. The molecule has 4 heterocycles. The van der Waals surface area contributed by atoms with E-state index in [9.17, 15) is 22.8 Å². The van der Waals surface area contributed by atoms with Gasteiger partial charge in [0.15, 0.2) is 0 Å². The molecule has 1 saturated heterocycles. The summed E-state index contributed by atoms with van der Waals surface area (Å²) >= 11 is 0. The number of likely N-dealkylation sites (N-methyl/N-ethyl adjacent to an activating group) is 1. The maximum atomic E-state index is 15.9. The number of hydrogen-bond acceptors (Lipinski definition) is 8. The molecule has 2 aliphatic heterocycles. The number of hydrogen-bond donors (Lipinski definition) is 2. The van der Waals surface area contributed by atoms with Gasteiger partial charge in [0.05, 0.1) is 22.5 Å². The fourth-order valence-corrected chi connectivity index (χ4v) is 5.72. The number of nitrogens with zero attached hydrogens (tertiary/aromatic N) is 6. The quantitative estimate of drug-likeness (QED) is 0.378. The number of halogens is 4. The van der Waals surface area contributed by atoms with Crippen LogP contribution in [0.2, 0.25) is 0 Å². The Bertz CT molecular complexity index is 1640. The molecular formula is C31H36F4N8O2. The van der Waals surface area contributed by atoms with E-state index in [1.807, 2.05) is 55.8 Å². The molecule has 0 bridgehead atoms. The normalized spacial score (nSPS) is 19.3. The van der Waals surface area contributed by atoms with Crippen molar-refractivity contribution >= 4 is 28.8 Å². The number of aromatic nitrogens is 3. The molecule has 1 amide bonds. The van der Waals surface area contributed by atoms with E-state index in [1.165, 1.54) is 12.1 Å². The Labute approximate surface area is 258 Å².